The Balaban J connectivity index is 1.86. The van der Waals surface area contributed by atoms with Gasteiger partial charge in [-0.15, -0.1) is 0 Å². The first kappa shape index (κ1) is 16.1. The van der Waals surface area contributed by atoms with Gasteiger partial charge in [0.15, 0.2) is 0 Å². The molecule has 0 amide bonds. The summed E-state index contributed by atoms with van der Waals surface area (Å²) in [6, 6.07) is 8.28. The fourth-order valence-electron chi connectivity index (χ4n) is 2.65. The topological polar surface area (TPSA) is 27.7 Å². The van der Waals surface area contributed by atoms with E-state index >= 15 is 0 Å². The summed E-state index contributed by atoms with van der Waals surface area (Å²) in [5.41, 5.74) is 1.33. The summed E-state index contributed by atoms with van der Waals surface area (Å²) < 4.78 is 6.03. The number of hydrogen-bond donors (Lipinski definition) is 1. The van der Waals surface area contributed by atoms with Crippen LogP contribution in [0.4, 0.5) is 5.69 Å². The van der Waals surface area contributed by atoms with Crippen molar-refractivity contribution >= 4 is 5.69 Å². The first-order valence-corrected chi connectivity index (χ1v) is 7.80. The normalized spacial score (nSPS) is 16.8. The molecule has 0 spiro atoms. The summed E-state index contributed by atoms with van der Waals surface area (Å²) in [4.78, 5) is 4.62. The molecule has 2 rings (SSSR count). The third-order valence-electron chi connectivity index (χ3n) is 3.82. The molecule has 0 aromatic heterocycles. The molecule has 0 aliphatic carbocycles. The van der Waals surface area contributed by atoms with Crippen LogP contribution < -0.4 is 15.0 Å². The average Bonchev–Trinajstić information content (AvgIpc) is 2.46. The van der Waals surface area contributed by atoms with Gasteiger partial charge in [0, 0.05) is 64.0 Å². The minimum Gasteiger partial charge on any atom is -0.493 e. The minimum absolute atomic E-state index is 0.158. The van der Waals surface area contributed by atoms with E-state index in [1.165, 1.54) is 5.69 Å². The largest absolute Gasteiger partial charge is 0.493 e. The standard InChI is InChI=1S/C17H29N3O/c1-17(2,13-20-10-8-18-9-11-20)14-21-16-7-5-6-15(12-16)19(3)4/h5-7,12,18H,8-11,13-14H2,1-4H3. The van der Waals surface area contributed by atoms with Gasteiger partial charge in [-0.25, -0.2) is 0 Å². The second-order valence-corrected chi connectivity index (χ2v) is 6.87. The minimum atomic E-state index is 0.158. The maximum atomic E-state index is 6.03. The second-order valence-electron chi connectivity index (χ2n) is 6.87. The van der Waals surface area contributed by atoms with E-state index in [1.807, 2.05) is 26.2 Å². The van der Waals surface area contributed by atoms with Crippen molar-refractivity contribution in [3.63, 3.8) is 0 Å². The predicted octanol–water partition coefficient (Wildman–Crippen LogP) is 2.06. The zero-order chi connectivity index (χ0) is 15.3. The van der Waals surface area contributed by atoms with E-state index in [1.54, 1.807) is 0 Å². The predicted molar refractivity (Wildman–Crippen MR) is 89.4 cm³/mol. The van der Waals surface area contributed by atoms with Crippen LogP contribution in [0.2, 0.25) is 0 Å². The van der Waals surface area contributed by atoms with Crippen LogP contribution in [0.1, 0.15) is 13.8 Å². The number of ether oxygens (including phenoxy) is 1. The van der Waals surface area contributed by atoms with E-state index in [0.29, 0.717) is 0 Å². The Hall–Kier alpha value is -1.26. The lowest BCUT2D eigenvalue weighted by Gasteiger charge is -2.35. The van der Waals surface area contributed by atoms with E-state index < -0.39 is 0 Å². The fraction of sp³-hybridized carbons (Fsp3) is 0.647. The highest BCUT2D eigenvalue weighted by Crippen LogP contribution is 2.23. The molecule has 0 unspecified atom stereocenters. The van der Waals surface area contributed by atoms with Gasteiger partial charge < -0.3 is 19.9 Å². The molecule has 0 radical (unpaired) electrons. The Labute approximate surface area is 129 Å². The maximum absolute atomic E-state index is 6.03. The van der Waals surface area contributed by atoms with E-state index in [4.69, 9.17) is 4.74 Å². The highest BCUT2D eigenvalue weighted by Gasteiger charge is 2.23. The molecule has 1 aliphatic rings. The second kappa shape index (κ2) is 7.14. The number of piperazine rings is 1. The van der Waals surface area contributed by atoms with Crippen LogP contribution in [0.3, 0.4) is 0 Å². The van der Waals surface area contributed by atoms with Crippen molar-refractivity contribution in [1.29, 1.82) is 0 Å². The van der Waals surface area contributed by atoms with Gasteiger partial charge in [0.2, 0.25) is 0 Å². The highest BCUT2D eigenvalue weighted by molar-refractivity contribution is 5.49. The zero-order valence-corrected chi connectivity index (χ0v) is 13.9. The number of nitrogens with zero attached hydrogens (tertiary/aromatic N) is 2. The smallest absolute Gasteiger partial charge is 0.121 e. The average molecular weight is 291 g/mol. The molecule has 1 saturated heterocycles. The lowest BCUT2D eigenvalue weighted by atomic mass is 9.93. The monoisotopic (exact) mass is 291 g/mol. The van der Waals surface area contributed by atoms with E-state index in [9.17, 15) is 0 Å². The van der Waals surface area contributed by atoms with Crippen molar-refractivity contribution in [2.24, 2.45) is 5.41 Å². The molecular weight excluding hydrogens is 262 g/mol. The van der Waals surface area contributed by atoms with Gasteiger partial charge in [0.25, 0.3) is 0 Å². The summed E-state index contributed by atoms with van der Waals surface area (Å²) in [5, 5.41) is 3.40. The van der Waals surface area contributed by atoms with Crippen molar-refractivity contribution in [2.45, 2.75) is 13.8 Å². The molecule has 118 valence electrons. The number of anilines is 1. The van der Waals surface area contributed by atoms with Crippen molar-refractivity contribution in [3.05, 3.63) is 24.3 Å². The fourth-order valence-corrected chi connectivity index (χ4v) is 2.65. The van der Waals surface area contributed by atoms with Crippen LogP contribution in [0.15, 0.2) is 24.3 Å². The molecule has 1 aromatic rings. The van der Waals surface area contributed by atoms with Crippen molar-refractivity contribution < 1.29 is 4.74 Å². The number of rotatable bonds is 6. The van der Waals surface area contributed by atoms with Gasteiger partial charge in [-0.3, -0.25) is 0 Å². The lowest BCUT2D eigenvalue weighted by Crippen LogP contribution is -2.48. The van der Waals surface area contributed by atoms with Crippen molar-refractivity contribution in [1.82, 2.24) is 10.2 Å². The summed E-state index contributed by atoms with van der Waals surface area (Å²) in [5.74, 6) is 0.953. The summed E-state index contributed by atoms with van der Waals surface area (Å²) >= 11 is 0. The van der Waals surface area contributed by atoms with Crippen LogP contribution in [0.5, 0.6) is 5.75 Å². The number of benzene rings is 1. The van der Waals surface area contributed by atoms with Crippen LogP contribution >= 0.6 is 0 Å². The first-order chi connectivity index (χ1) is 9.96. The van der Waals surface area contributed by atoms with Gasteiger partial charge in [-0.1, -0.05) is 19.9 Å². The molecule has 1 N–H and O–H groups in total. The van der Waals surface area contributed by atoms with Gasteiger partial charge >= 0.3 is 0 Å². The quantitative estimate of drug-likeness (QED) is 0.868. The molecule has 0 atom stereocenters. The Bertz CT molecular complexity index is 439. The Morgan fingerprint density at radius 2 is 1.95 bits per heavy atom. The molecular formula is C17H29N3O. The molecule has 0 bridgehead atoms. The van der Waals surface area contributed by atoms with Gasteiger partial charge in [-0.05, 0) is 12.1 Å². The zero-order valence-electron chi connectivity index (χ0n) is 13.9. The molecule has 1 fully saturated rings. The van der Waals surface area contributed by atoms with Gasteiger partial charge in [0.1, 0.15) is 5.75 Å². The lowest BCUT2D eigenvalue weighted by molar-refractivity contribution is 0.107. The van der Waals surface area contributed by atoms with Crippen LogP contribution in [-0.2, 0) is 0 Å². The maximum Gasteiger partial charge on any atom is 0.121 e. The van der Waals surface area contributed by atoms with Crippen LogP contribution in [0.25, 0.3) is 0 Å². The molecule has 1 aliphatic heterocycles. The van der Waals surface area contributed by atoms with Crippen LogP contribution in [-0.4, -0.2) is 58.3 Å². The molecule has 21 heavy (non-hydrogen) atoms. The molecule has 4 nitrogen and oxygen atoms in total. The first-order valence-electron chi connectivity index (χ1n) is 7.80. The van der Waals surface area contributed by atoms with Gasteiger partial charge in [-0.2, -0.15) is 0 Å². The Morgan fingerprint density at radius 1 is 1.24 bits per heavy atom. The van der Waals surface area contributed by atoms with E-state index in [-0.39, 0.29) is 5.41 Å². The van der Waals surface area contributed by atoms with Crippen molar-refractivity contribution in [3.8, 4) is 5.75 Å². The number of nitrogens with one attached hydrogen (secondary N) is 1. The highest BCUT2D eigenvalue weighted by atomic mass is 16.5. The SMILES string of the molecule is CN(C)c1cccc(OCC(C)(C)CN2CCNCC2)c1. The summed E-state index contributed by atoms with van der Waals surface area (Å²) in [7, 11) is 4.10. The van der Waals surface area contributed by atoms with E-state index in [0.717, 1.165) is 45.1 Å². The molecule has 4 heteroatoms. The number of hydrogen-bond acceptors (Lipinski definition) is 4. The third-order valence-corrected chi connectivity index (χ3v) is 3.82. The third kappa shape index (κ3) is 5.21. The molecule has 1 heterocycles. The van der Waals surface area contributed by atoms with E-state index in [2.05, 4.69) is 41.1 Å². The Kier molecular flexibility index (Phi) is 5.48. The molecule has 0 saturated carbocycles. The van der Waals surface area contributed by atoms with Crippen LogP contribution in [0, 0.1) is 5.41 Å². The molecule has 1 aromatic carbocycles. The summed E-state index contributed by atoms with van der Waals surface area (Å²) in [6.45, 7) is 10.9. The van der Waals surface area contributed by atoms with Gasteiger partial charge in [0.05, 0.1) is 6.61 Å². The van der Waals surface area contributed by atoms with Crippen molar-refractivity contribution in [2.75, 3.05) is 58.3 Å². The Morgan fingerprint density at radius 3 is 2.62 bits per heavy atom. The summed E-state index contributed by atoms with van der Waals surface area (Å²) in [6.07, 6.45) is 0.